The molecule has 2 aromatic carbocycles. The molecule has 0 saturated carbocycles. The van der Waals surface area contributed by atoms with Gasteiger partial charge in [0.1, 0.15) is 0 Å². The first-order valence-corrected chi connectivity index (χ1v) is 8.05. The van der Waals surface area contributed by atoms with E-state index in [0.29, 0.717) is 12.5 Å². The highest BCUT2D eigenvalue weighted by Crippen LogP contribution is 2.25. The molecule has 0 aliphatic carbocycles. The van der Waals surface area contributed by atoms with Crippen LogP contribution in [0.2, 0.25) is 0 Å². The predicted molar refractivity (Wildman–Crippen MR) is 97.3 cm³/mol. The van der Waals surface area contributed by atoms with E-state index in [-0.39, 0.29) is 6.04 Å². The quantitative estimate of drug-likeness (QED) is 0.743. The summed E-state index contributed by atoms with van der Waals surface area (Å²) in [6.07, 6.45) is 1.70. The molecule has 0 spiro atoms. The van der Waals surface area contributed by atoms with E-state index >= 15 is 0 Å². The number of hydrogen-bond donors (Lipinski definition) is 1. The molecule has 0 radical (unpaired) electrons. The normalized spacial score (nSPS) is 10.6. The molecular formula is C19H21N5. The molecule has 1 heterocycles. The van der Waals surface area contributed by atoms with Crippen LogP contribution in [-0.4, -0.2) is 21.2 Å². The molecule has 0 bridgehead atoms. The third-order valence-corrected chi connectivity index (χ3v) is 3.49. The molecule has 122 valence electrons. The average molecular weight is 319 g/mol. The maximum Gasteiger partial charge on any atom is 0.244 e. The molecule has 5 nitrogen and oxygen atoms in total. The van der Waals surface area contributed by atoms with Gasteiger partial charge < -0.3 is 10.2 Å². The van der Waals surface area contributed by atoms with E-state index in [4.69, 9.17) is 0 Å². The van der Waals surface area contributed by atoms with Crippen molar-refractivity contribution in [2.24, 2.45) is 0 Å². The van der Waals surface area contributed by atoms with Gasteiger partial charge in [0.25, 0.3) is 0 Å². The van der Waals surface area contributed by atoms with Crippen molar-refractivity contribution in [3.05, 3.63) is 72.4 Å². The first kappa shape index (κ1) is 15.9. The van der Waals surface area contributed by atoms with Crippen LogP contribution in [0, 0.1) is 0 Å². The Morgan fingerprint density at radius 1 is 0.958 bits per heavy atom. The maximum atomic E-state index is 4.63. The summed E-state index contributed by atoms with van der Waals surface area (Å²) in [7, 11) is 0. The number of nitrogens with one attached hydrogen (secondary N) is 1. The lowest BCUT2D eigenvalue weighted by molar-refractivity contribution is 0.838. The van der Waals surface area contributed by atoms with Gasteiger partial charge in [-0.25, -0.2) is 0 Å². The van der Waals surface area contributed by atoms with Crippen molar-refractivity contribution < 1.29 is 0 Å². The van der Waals surface area contributed by atoms with Gasteiger partial charge in [0.05, 0.1) is 6.20 Å². The highest BCUT2D eigenvalue weighted by atomic mass is 15.3. The zero-order valence-electron chi connectivity index (χ0n) is 13.9. The van der Waals surface area contributed by atoms with Crippen LogP contribution in [0.15, 0.2) is 66.9 Å². The van der Waals surface area contributed by atoms with E-state index in [9.17, 15) is 0 Å². The standard InChI is InChI=1S/C19H21N5/c1-15(2)21-19-22-18(13-20-23-19)24(17-11-7-4-8-12-17)14-16-9-5-3-6-10-16/h3-13,15H,14H2,1-2H3,(H,21,22,23). The number of nitrogens with zero attached hydrogens (tertiary/aromatic N) is 4. The minimum atomic E-state index is 0.251. The van der Waals surface area contributed by atoms with Gasteiger partial charge in [0.2, 0.25) is 5.95 Å². The van der Waals surface area contributed by atoms with E-state index < -0.39 is 0 Å². The summed E-state index contributed by atoms with van der Waals surface area (Å²) in [6.45, 7) is 4.81. The molecular weight excluding hydrogens is 298 g/mol. The fourth-order valence-corrected chi connectivity index (χ4v) is 2.42. The fraction of sp³-hybridized carbons (Fsp3) is 0.211. The molecule has 0 saturated heterocycles. The summed E-state index contributed by atoms with van der Waals surface area (Å²) in [4.78, 5) is 6.76. The van der Waals surface area contributed by atoms with Crippen LogP contribution in [0.5, 0.6) is 0 Å². The number of para-hydroxylation sites is 1. The second-order valence-electron chi connectivity index (χ2n) is 5.84. The molecule has 5 heteroatoms. The summed E-state index contributed by atoms with van der Waals surface area (Å²) < 4.78 is 0. The van der Waals surface area contributed by atoms with Crippen LogP contribution in [0.1, 0.15) is 19.4 Å². The number of anilines is 3. The van der Waals surface area contributed by atoms with Crippen LogP contribution in [0.4, 0.5) is 17.5 Å². The Balaban J connectivity index is 1.95. The molecule has 1 aromatic heterocycles. The molecule has 0 aliphatic rings. The molecule has 0 fully saturated rings. The van der Waals surface area contributed by atoms with Crippen LogP contribution in [0.3, 0.4) is 0 Å². The smallest absolute Gasteiger partial charge is 0.244 e. The highest BCUT2D eigenvalue weighted by molar-refractivity contribution is 5.60. The number of rotatable bonds is 6. The van der Waals surface area contributed by atoms with Gasteiger partial charge in [-0.1, -0.05) is 48.5 Å². The van der Waals surface area contributed by atoms with Gasteiger partial charge in [-0.05, 0) is 31.5 Å². The van der Waals surface area contributed by atoms with Gasteiger partial charge in [-0.15, -0.1) is 5.10 Å². The Kier molecular flexibility index (Phi) is 5.01. The van der Waals surface area contributed by atoms with Gasteiger partial charge >= 0.3 is 0 Å². The lowest BCUT2D eigenvalue weighted by Crippen LogP contribution is -2.20. The Morgan fingerprint density at radius 3 is 2.29 bits per heavy atom. The van der Waals surface area contributed by atoms with Crippen LogP contribution in [-0.2, 0) is 6.54 Å². The van der Waals surface area contributed by atoms with Gasteiger partial charge in [0, 0.05) is 18.3 Å². The minimum Gasteiger partial charge on any atom is -0.351 e. The van der Waals surface area contributed by atoms with Crippen molar-refractivity contribution in [2.45, 2.75) is 26.4 Å². The van der Waals surface area contributed by atoms with E-state index in [0.717, 1.165) is 11.5 Å². The zero-order chi connectivity index (χ0) is 16.8. The zero-order valence-corrected chi connectivity index (χ0v) is 13.9. The fourth-order valence-electron chi connectivity index (χ4n) is 2.42. The van der Waals surface area contributed by atoms with Gasteiger partial charge in [-0.2, -0.15) is 10.1 Å². The topological polar surface area (TPSA) is 53.9 Å². The van der Waals surface area contributed by atoms with Crippen LogP contribution in [0.25, 0.3) is 0 Å². The van der Waals surface area contributed by atoms with E-state index in [2.05, 4.69) is 63.5 Å². The molecule has 0 aliphatic heterocycles. The van der Waals surface area contributed by atoms with Crippen molar-refractivity contribution in [1.29, 1.82) is 0 Å². The lowest BCUT2D eigenvalue weighted by Gasteiger charge is -2.24. The third-order valence-electron chi connectivity index (χ3n) is 3.49. The molecule has 24 heavy (non-hydrogen) atoms. The minimum absolute atomic E-state index is 0.251. The third kappa shape index (κ3) is 4.07. The Labute approximate surface area is 142 Å². The summed E-state index contributed by atoms with van der Waals surface area (Å²) in [5.41, 5.74) is 2.27. The number of benzene rings is 2. The lowest BCUT2D eigenvalue weighted by atomic mass is 10.2. The molecule has 0 unspecified atom stereocenters. The summed E-state index contributed by atoms with van der Waals surface area (Å²) >= 11 is 0. The van der Waals surface area contributed by atoms with E-state index in [1.54, 1.807) is 6.20 Å². The summed E-state index contributed by atoms with van der Waals surface area (Å²) in [5.74, 6) is 1.31. The SMILES string of the molecule is CC(C)Nc1nncc(N(Cc2ccccc2)c2ccccc2)n1. The Morgan fingerprint density at radius 2 is 1.62 bits per heavy atom. The van der Waals surface area contributed by atoms with Crippen molar-refractivity contribution >= 4 is 17.5 Å². The second-order valence-corrected chi connectivity index (χ2v) is 5.84. The number of aromatic nitrogens is 3. The monoisotopic (exact) mass is 319 g/mol. The van der Waals surface area contributed by atoms with Crippen molar-refractivity contribution in [3.8, 4) is 0 Å². The van der Waals surface area contributed by atoms with Crippen LogP contribution < -0.4 is 10.2 Å². The molecule has 1 N–H and O–H groups in total. The summed E-state index contributed by atoms with van der Waals surface area (Å²) in [5, 5.41) is 11.4. The van der Waals surface area contributed by atoms with Gasteiger partial charge in [0.15, 0.2) is 5.82 Å². The second kappa shape index (κ2) is 7.55. The first-order chi connectivity index (χ1) is 11.7. The van der Waals surface area contributed by atoms with Crippen molar-refractivity contribution in [2.75, 3.05) is 10.2 Å². The highest BCUT2D eigenvalue weighted by Gasteiger charge is 2.13. The first-order valence-electron chi connectivity index (χ1n) is 8.05. The Bertz CT molecular complexity index is 759. The molecule has 3 rings (SSSR count). The molecule has 3 aromatic rings. The number of hydrogen-bond acceptors (Lipinski definition) is 5. The molecule has 0 atom stereocenters. The van der Waals surface area contributed by atoms with Crippen LogP contribution >= 0.6 is 0 Å². The molecule has 0 amide bonds. The van der Waals surface area contributed by atoms with Gasteiger partial charge in [-0.3, -0.25) is 0 Å². The van der Waals surface area contributed by atoms with E-state index in [1.807, 2.05) is 36.4 Å². The predicted octanol–water partition coefficient (Wildman–Crippen LogP) is 4.03. The summed E-state index contributed by atoms with van der Waals surface area (Å²) in [6, 6.07) is 20.8. The van der Waals surface area contributed by atoms with Crippen molar-refractivity contribution in [1.82, 2.24) is 15.2 Å². The Hall–Kier alpha value is -2.95. The largest absolute Gasteiger partial charge is 0.351 e. The maximum absolute atomic E-state index is 4.63. The van der Waals surface area contributed by atoms with E-state index in [1.165, 1.54) is 5.56 Å². The van der Waals surface area contributed by atoms with Crippen molar-refractivity contribution in [3.63, 3.8) is 0 Å². The average Bonchev–Trinajstić information content (AvgIpc) is 2.61.